The number of carbonyl (C=O) groups excluding carboxylic acids is 2. The second kappa shape index (κ2) is 8.36. The number of nitrogens with one attached hydrogen (secondary N) is 2. The molecule has 0 radical (unpaired) electrons. The highest BCUT2D eigenvalue weighted by Gasteiger charge is 2.13. The molecule has 2 amide bonds. The summed E-state index contributed by atoms with van der Waals surface area (Å²) in [7, 11) is 0. The van der Waals surface area contributed by atoms with Crippen LogP contribution in [-0.4, -0.2) is 21.8 Å². The summed E-state index contributed by atoms with van der Waals surface area (Å²) < 4.78 is 0. The van der Waals surface area contributed by atoms with Crippen molar-refractivity contribution in [3.05, 3.63) is 89.5 Å². The summed E-state index contributed by atoms with van der Waals surface area (Å²) in [6.07, 6.45) is 1.64. The van der Waals surface area contributed by atoms with Crippen LogP contribution in [0.1, 0.15) is 32.2 Å². The maximum Gasteiger partial charge on any atom is 0.274 e. The van der Waals surface area contributed by atoms with Gasteiger partial charge in [-0.05, 0) is 42.5 Å². The van der Waals surface area contributed by atoms with Crippen LogP contribution in [0.5, 0.6) is 0 Å². The Morgan fingerprint density at radius 2 is 1.74 bits per heavy atom. The van der Waals surface area contributed by atoms with E-state index in [1.54, 1.807) is 48.7 Å². The molecule has 2 N–H and O–H groups in total. The number of hydrogen-bond donors (Lipinski definition) is 2. The van der Waals surface area contributed by atoms with E-state index in [9.17, 15) is 9.59 Å². The quantitative estimate of drug-likeness (QED) is 0.729. The Labute approximate surface area is 155 Å². The van der Waals surface area contributed by atoms with Gasteiger partial charge in [0.25, 0.3) is 11.8 Å². The Kier molecular flexibility index (Phi) is 5.50. The van der Waals surface area contributed by atoms with E-state index >= 15 is 0 Å². The van der Waals surface area contributed by atoms with Crippen LogP contribution in [0.4, 0.5) is 5.69 Å². The molecule has 0 spiro atoms. The highest BCUT2D eigenvalue weighted by Crippen LogP contribution is 2.11. The van der Waals surface area contributed by atoms with Crippen LogP contribution < -0.4 is 10.6 Å². The van der Waals surface area contributed by atoms with Crippen LogP contribution in [0.3, 0.4) is 0 Å². The molecule has 0 atom stereocenters. The number of nitriles is 1. The molecule has 3 aromatic rings. The zero-order valence-electron chi connectivity index (χ0n) is 14.2. The van der Waals surface area contributed by atoms with Crippen LogP contribution in [0.15, 0.2) is 66.9 Å². The van der Waals surface area contributed by atoms with Gasteiger partial charge in [-0.3, -0.25) is 14.6 Å². The molecule has 7 heteroatoms. The van der Waals surface area contributed by atoms with Gasteiger partial charge in [0.05, 0.1) is 23.9 Å². The zero-order chi connectivity index (χ0) is 19.1. The Morgan fingerprint density at radius 3 is 2.48 bits per heavy atom. The molecule has 7 nitrogen and oxygen atoms in total. The van der Waals surface area contributed by atoms with E-state index in [1.165, 1.54) is 12.1 Å². The lowest BCUT2D eigenvalue weighted by molar-refractivity contribution is 0.0945. The summed E-state index contributed by atoms with van der Waals surface area (Å²) in [5.74, 6) is -0.869. The molecular formula is C20H15N5O2. The molecule has 2 aromatic heterocycles. The van der Waals surface area contributed by atoms with Gasteiger partial charge in [-0.1, -0.05) is 18.2 Å². The first-order valence-corrected chi connectivity index (χ1v) is 8.12. The fraction of sp³-hybridized carbons (Fsp3) is 0.0500. The smallest absolute Gasteiger partial charge is 0.274 e. The average molecular weight is 357 g/mol. The van der Waals surface area contributed by atoms with Gasteiger partial charge in [-0.25, -0.2) is 4.98 Å². The predicted octanol–water partition coefficient (Wildman–Crippen LogP) is 2.53. The largest absolute Gasteiger partial charge is 0.345 e. The lowest BCUT2D eigenvalue weighted by atomic mass is 10.2. The normalized spacial score (nSPS) is 9.89. The number of rotatable bonds is 5. The van der Waals surface area contributed by atoms with Crippen molar-refractivity contribution in [1.29, 1.82) is 5.26 Å². The van der Waals surface area contributed by atoms with Gasteiger partial charge in [-0.2, -0.15) is 5.26 Å². The molecule has 0 aliphatic heterocycles. The maximum atomic E-state index is 12.4. The highest BCUT2D eigenvalue weighted by atomic mass is 16.2. The van der Waals surface area contributed by atoms with Crippen molar-refractivity contribution in [2.24, 2.45) is 0 Å². The number of hydrogen-bond acceptors (Lipinski definition) is 5. The van der Waals surface area contributed by atoms with Crippen molar-refractivity contribution in [2.75, 3.05) is 5.32 Å². The Hall–Kier alpha value is -4.05. The Bertz CT molecular complexity index is 1010. The van der Waals surface area contributed by atoms with Gasteiger partial charge in [0.1, 0.15) is 11.4 Å². The molecule has 0 bridgehead atoms. The molecular weight excluding hydrogens is 342 g/mol. The average Bonchev–Trinajstić information content (AvgIpc) is 2.73. The predicted molar refractivity (Wildman–Crippen MR) is 98.8 cm³/mol. The SMILES string of the molecule is N#Cc1cccc(NC(=O)c2cccc(C(=O)NCc3ccccn3)n2)c1. The highest BCUT2D eigenvalue weighted by molar-refractivity contribution is 6.03. The molecule has 3 rings (SSSR count). The van der Waals surface area contributed by atoms with E-state index < -0.39 is 11.8 Å². The summed E-state index contributed by atoms with van der Waals surface area (Å²) in [6, 6.07) is 18.6. The van der Waals surface area contributed by atoms with Crippen molar-refractivity contribution in [1.82, 2.24) is 15.3 Å². The molecule has 132 valence electrons. The lowest BCUT2D eigenvalue weighted by Crippen LogP contribution is -2.25. The number of benzene rings is 1. The minimum atomic E-state index is -0.468. The van der Waals surface area contributed by atoms with Gasteiger partial charge in [0.2, 0.25) is 0 Å². The third-order valence-electron chi connectivity index (χ3n) is 3.62. The van der Waals surface area contributed by atoms with Gasteiger partial charge >= 0.3 is 0 Å². The van der Waals surface area contributed by atoms with Crippen LogP contribution in [0.25, 0.3) is 0 Å². The van der Waals surface area contributed by atoms with E-state index in [-0.39, 0.29) is 17.9 Å². The van der Waals surface area contributed by atoms with E-state index in [2.05, 4.69) is 20.6 Å². The number of pyridine rings is 2. The summed E-state index contributed by atoms with van der Waals surface area (Å²) >= 11 is 0. The van der Waals surface area contributed by atoms with E-state index in [1.807, 2.05) is 12.1 Å². The van der Waals surface area contributed by atoms with Gasteiger partial charge < -0.3 is 10.6 Å². The fourth-order valence-corrected chi connectivity index (χ4v) is 2.31. The topological polar surface area (TPSA) is 108 Å². The monoisotopic (exact) mass is 357 g/mol. The molecule has 0 aliphatic rings. The molecule has 0 aliphatic carbocycles. The number of nitrogens with zero attached hydrogens (tertiary/aromatic N) is 3. The molecule has 0 unspecified atom stereocenters. The summed E-state index contributed by atoms with van der Waals surface area (Å²) in [6.45, 7) is 0.263. The van der Waals surface area contributed by atoms with Gasteiger partial charge in [0.15, 0.2) is 0 Å². The van der Waals surface area contributed by atoms with Crippen molar-refractivity contribution >= 4 is 17.5 Å². The Balaban J connectivity index is 1.68. The zero-order valence-corrected chi connectivity index (χ0v) is 14.2. The molecule has 0 fully saturated rings. The number of amides is 2. The number of carbonyl (C=O) groups is 2. The minimum Gasteiger partial charge on any atom is -0.345 e. The van der Waals surface area contributed by atoms with E-state index in [0.29, 0.717) is 11.3 Å². The Morgan fingerprint density at radius 1 is 0.963 bits per heavy atom. The first-order valence-electron chi connectivity index (χ1n) is 8.12. The van der Waals surface area contributed by atoms with Crippen molar-refractivity contribution in [2.45, 2.75) is 6.54 Å². The van der Waals surface area contributed by atoms with E-state index in [4.69, 9.17) is 5.26 Å². The second-order valence-corrected chi connectivity index (χ2v) is 5.56. The third kappa shape index (κ3) is 4.74. The second-order valence-electron chi connectivity index (χ2n) is 5.56. The van der Waals surface area contributed by atoms with Crippen molar-refractivity contribution in [3.63, 3.8) is 0 Å². The molecule has 0 saturated carbocycles. The van der Waals surface area contributed by atoms with Crippen molar-refractivity contribution in [3.8, 4) is 6.07 Å². The summed E-state index contributed by atoms with van der Waals surface area (Å²) in [4.78, 5) is 32.9. The van der Waals surface area contributed by atoms with Crippen molar-refractivity contribution < 1.29 is 9.59 Å². The maximum absolute atomic E-state index is 12.4. The van der Waals surface area contributed by atoms with Gasteiger partial charge in [0, 0.05) is 11.9 Å². The third-order valence-corrected chi connectivity index (χ3v) is 3.62. The minimum absolute atomic E-state index is 0.0999. The standard InChI is InChI=1S/C20H15N5O2/c21-12-14-5-3-7-15(11-14)24-20(27)18-9-4-8-17(25-18)19(26)23-13-16-6-1-2-10-22-16/h1-11H,13H2,(H,23,26)(H,24,27). The molecule has 0 saturated heterocycles. The molecule has 27 heavy (non-hydrogen) atoms. The molecule has 2 heterocycles. The number of aromatic nitrogens is 2. The number of anilines is 1. The van der Waals surface area contributed by atoms with Crippen LogP contribution >= 0.6 is 0 Å². The first kappa shape index (κ1) is 17.8. The first-order chi connectivity index (χ1) is 13.2. The van der Waals surface area contributed by atoms with Crippen LogP contribution in [-0.2, 0) is 6.54 Å². The lowest BCUT2D eigenvalue weighted by Gasteiger charge is -2.07. The van der Waals surface area contributed by atoms with Crippen LogP contribution in [0.2, 0.25) is 0 Å². The van der Waals surface area contributed by atoms with Crippen LogP contribution in [0, 0.1) is 11.3 Å². The summed E-state index contributed by atoms with van der Waals surface area (Å²) in [5, 5.41) is 14.3. The van der Waals surface area contributed by atoms with E-state index in [0.717, 1.165) is 5.69 Å². The summed E-state index contributed by atoms with van der Waals surface area (Å²) in [5.41, 5.74) is 1.86. The fourth-order valence-electron chi connectivity index (χ4n) is 2.31. The van der Waals surface area contributed by atoms with Gasteiger partial charge in [-0.15, -0.1) is 0 Å². The molecule has 1 aromatic carbocycles.